The fourth-order valence-corrected chi connectivity index (χ4v) is 3.24. The van der Waals surface area contributed by atoms with Crippen molar-refractivity contribution >= 4 is 28.1 Å². The Morgan fingerprint density at radius 1 is 1.04 bits per heavy atom. The smallest absolute Gasteiger partial charge is 0.337 e. The molecule has 0 amide bonds. The maximum absolute atomic E-state index is 10.9. The average molecular weight is 357 g/mol. The van der Waals surface area contributed by atoms with Crippen LogP contribution >= 0.6 is 11.3 Å². The number of hydrogen-bond donors (Lipinski definition) is 1. The van der Waals surface area contributed by atoms with Crippen molar-refractivity contribution in [1.29, 1.82) is 0 Å². The van der Waals surface area contributed by atoms with Gasteiger partial charge in [0, 0.05) is 4.88 Å². The van der Waals surface area contributed by atoms with Gasteiger partial charge in [-0.1, -0.05) is 30.3 Å². The highest BCUT2D eigenvalue weighted by Gasteiger charge is 2.22. The average Bonchev–Trinajstić information content (AvgIpc) is 3.07. The molecule has 1 N–H and O–H groups in total. The number of aliphatic carboxylic acids is 1. The van der Waals surface area contributed by atoms with E-state index in [0.717, 1.165) is 27.9 Å². The minimum atomic E-state index is -1.39. The molecule has 1 aromatic heterocycles. The van der Waals surface area contributed by atoms with Crippen LogP contribution in [0.2, 0.25) is 0 Å². The largest absolute Gasteiger partial charge is 0.490 e. The molecule has 0 spiro atoms. The van der Waals surface area contributed by atoms with Gasteiger partial charge in [0.15, 0.2) is 5.06 Å². The Labute approximate surface area is 147 Å². The van der Waals surface area contributed by atoms with Crippen LogP contribution in [-0.2, 0) is 4.79 Å². The highest BCUT2D eigenvalue weighted by Crippen LogP contribution is 2.31. The molecule has 25 heavy (non-hydrogen) atoms. The second-order valence-corrected chi connectivity index (χ2v) is 6.29. The van der Waals surface area contributed by atoms with Crippen LogP contribution < -0.4 is 9.47 Å². The summed E-state index contributed by atoms with van der Waals surface area (Å²) in [4.78, 5) is 21.8. The number of rotatable bonds is 8. The summed E-state index contributed by atoms with van der Waals surface area (Å²) in [5.74, 6) is -0.520. The summed E-state index contributed by atoms with van der Waals surface area (Å²) in [7, 11) is 0. The van der Waals surface area contributed by atoms with Gasteiger partial charge in [0.25, 0.3) is 0 Å². The summed E-state index contributed by atoms with van der Waals surface area (Å²) in [5, 5.41) is 14.3. The van der Waals surface area contributed by atoms with Crippen LogP contribution in [-0.4, -0.2) is 24.3 Å². The molecule has 0 aliphatic heterocycles. The van der Waals surface area contributed by atoms with Crippen molar-refractivity contribution in [2.45, 2.75) is 6.04 Å². The molecule has 1 unspecified atom stereocenters. The van der Waals surface area contributed by atoms with E-state index in [1.54, 1.807) is 6.07 Å². The summed E-state index contributed by atoms with van der Waals surface area (Å²) in [5.41, 5.74) is 0. The van der Waals surface area contributed by atoms with Gasteiger partial charge >= 0.3 is 5.97 Å². The molecule has 1 atom stereocenters. The van der Waals surface area contributed by atoms with Crippen molar-refractivity contribution in [3.8, 4) is 10.8 Å². The van der Waals surface area contributed by atoms with E-state index in [0.29, 0.717) is 23.2 Å². The second kappa shape index (κ2) is 7.76. The van der Waals surface area contributed by atoms with Gasteiger partial charge < -0.3 is 14.6 Å². The van der Waals surface area contributed by atoms with Crippen LogP contribution in [0.1, 0.15) is 10.9 Å². The summed E-state index contributed by atoms with van der Waals surface area (Å²) in [6, 6.07) is 15.6. The Bertz CT molecular complexity index is 892. The number of ether oxygens (including phenoxy) is 2. The van der Waals surface area contributed by atoms with Crippen LogP contribution in [0.15, 0.2) is 59.8 Å². The first kappa shape index (κ1) is 16.9. The van der Waals surface area contributed by atoms with E-state index in [-0.39, 0.29) is 0 Å². The molecule has 128 valence electrons. The number of nitrogens with zero attached hydrogens (tertiary/aromatic N) is 1. The standard InChI is InChI=1S/C18H15NO5S/c20-18(21)17(19-22)15-7-8-16(25-15)24-10-9-23-14-6-5-12-3-1-2-4-13(12)11-14/h1-8,11,17H,9-10H2,(H,20,21). The Morgan fingerprint density at radius 3 is 2.56 bits per heavy atom. The van der Waals surface area contributed by atoms with Gasteiger partial charge in [-0.05, 0) is 40.2 Å². The van der Waals surface area contributed by atoms with Crippen LogP contribution in [0.4, 0.5) is 0 Å². The number of thiophene rings is 1. The molecule has 0 saturated heterocycles. The summed E-state index contributed by atoms with van der Waals surface area (Å²) >= 11 is 1.09. The fourth-order valence-electron chi connectivity index (χ4n) is 2.34. The normalized spacial score (nSPS) is 11.8. The first-order valence-electron chi connectivity index (χ1n) is 7.57. The van der Waals surface area contributed by atoms with Crippen molar-refractivity contribution in [3.63, 3.8) is 0 Å². The van der Waals surface area contributed by atoms with E-state index in [4.69, 9.17) is 14.6 Å². The Morgan fingerprint density at radius 2 is 1.80 bits per heavy atom. The molecule has 1 heterocycles. The second-order valence-electron chi connectivity index (χ2n) is 5.21. The van der Waals surface area contributed by atoms with E-state index in [2.05, 4.69) is 5.18 Å². The number of fused-ring (bicyclic) bond motifs is 1. The predicted octanol–water partition coefficient (Wildman–Crippen LogP) is 4.25. The summed E-state index contributed by atoms with van der Waals surface area (Å²) in [6.45, 7) is 0.652. The third-order valence-corrected chi connectivity index (χ3v) is 4.58. The SMILES string of the molecule is O=NC(C(=O)O)c1ccc(OCCOc2ccc3ccccc3c2)s1. The Kier molecular flexibility index (Phi) is 5.25. The molecule has 0 aliphatic carbocycles. The van der Waals surface area contributed by atoms with E-state index in [1.165, 1.54) is 6.07 Å². The van der Waals surface area contributed by atoms with Crippen LogP contribution in [0.5, 0.6) is 10.8 Å². The number of hydrogen-bond acceptors (Lipinski definition) is 6. The zero-order valence-electron chi connectivity index (χ0n) is 13.1. The number of carbonyl (C=O) groups is 1. The van der Waals surface area contributed by atoms with E-state index >= 15 is 0 Å². The zero-order chi connectivity index (χ0) is 17.6. The molecule has 6 nitrogen and oxygen atoms in total. The Balaban J connectivity index is 1.52. The number of benzene rings is 2. The van der Waals surface area contributed by atoms with Crippen LogP contribution in [0, 0.1) is 4.91 Å². The van der Waals surface area contributed by atoms with Crippen LogP contribution in [0.25, 0.3) is 10.8 Å². The first-order chi connectivity index (χ1) is 12.2. The third kappa shape index (κ3) is 4.13. The minimum Gasteiger partial charge on any atom is -0.490 e. The molecule has 0 saturated carbocycles. The van der Waals surface area contributed by atoms with Crippen LogP contribution in [0.3, 0.4) is 0 Å². The lowest BCUT2D eigenvalue weighted by atomic mass is 10.1. The van der Waals surface area contributed by atoms with E-state index < -0.39 is 12.0 Å². The topological polar surface area (TPSA) is 85.2 Å². The zero-order valence-corrected chi connectivity index (χ0v) is 13.9. The van der Waals surface area contributed by atoms with Gasteiger partial charge in [-0.2, -0.15) is 0 Å². The first-order valence-corrected chi connectivity index (χ1v) is 8.38. The van der Waals surface area contributed by atoms with Crippen molar-refractivity contribution < 1.29 is 19.4 Å². The molecular weight excluding hydrogens is 342 g/mol. The van der Waals surface area contributed by atoms with E-state index in [9.17, 15) is 9.70 Å². The minimum absolute atomic E-state index is 0.305. The molecule has 0 aliphatic rings. The fraction of sp³-hybridized carbons (Fsp3) is 0.167. The molecule has 7 heteroatoms. The lowest BCUT2D eigenvalue weighted by Gasteiger charge is -2.08. The number of nitroso groups, excluding NO2 is 1. The molecule has 0 radical (unpaired) electrons. The molecule has 2 aromatic carbocycles. The highest BCUT2D eigenvalue weighted by molar-refractivity contribution is 7.14. The molecule has 3 aromatic rings. The number of carboxylic acid groups (broad SMARTS) is 1. The van der Waals surface area contributed by atoms with E-state index in [1.807, 2.05) is 42.5 Å². The highest BCUT2D eigenvalue weighted by atomic mass is 32.1. The van der Waals surface area contributed by atoms with Gasteiger partial charge in [0.1, 0.15) is 19.0 Å². The number of carboxylic acids is 1. The summed E-state index contributed by atoms with van der Waals surface area (Å²) < 4.78 is 11.2. The van der Waals surface area contributed by atoms with Crippen molar-refractivity contribution in [3.05, 3.63) is 64.4 Å². The lowest BCUT2D eigenvalue weighted by molar-refractivity contribution is -0.138. The summed E-state index contributed by atoms with van der Waals surface area (Å²) in [6.07, 6.45) is 0. The monoisotopic (exact) mass is 357 g/mol. The lowest BCUT2D eigenvalue weighted by Crippen LogP contribution is -2.08. The van der Waals surface area contributed by atoms with Crippen molar-refractivity contribution in [1.82, 2.24) is 0 Å². The van der Waals surface area contributed by atoms with Crippen molar-refractivity contribution in [2.24, 2.45) is 5.18 Å². The quantitative estimate of drug-likeness (QED) is 0.481. The van der Waals surface area contributed by atoms with Gasteiger partial charge in [0.05, 0.1) is 0 Å². The molecule has 0 bridgehead atoms. The van der Waals surface area contributed by atoms with Gasteiger partial charge in [-0.15, -0.1) is 16.2 Å². The molecule has 0 fully saturated rings. The maximum atomic E-state index is 10.9. The Hall–Kier alpha value is -2.93. The van der Waals surface area contributed by atoms with Gasteiger partial charge in [-0.25, -0.2) is 4.79 Å². The van der Waals surface area contributed by atoms with Crippen molar-refractivity contribution in [2.75, 3.05) is 13.2 Å². The molecular formula is C18H15NO5S. The predicted molar refractivity (Wildman–Crippen MR) is 95.4 cm³/mol. The van der Waals surface area contributed by atoms with Gasteiger partial charge in [0.2, 0.25) is 6.04 Å². The van der Waals surface area contributed by atoms with Gasteiger partial charge in [-0.3, -0.25) is 0 Å². The molecule has 3 rings (SSSR count). The third-order valence-electron chi connectivity index (χ3n) is 3.53. The maximum Gasteiger partial charge on any atom is 0.337 e.